The molecule has 1 fully saturated rings. The number of hydrogen-bond acceptors (Lipinski definition) is 2. The van der Waals surface area contributed by atoms with Crippen molar-refractivity contribution in [2.75, 3.05) is 27.2 Å². The fourth-order valence-electron chi connectivity index (χ4n) is 2.53. The number of guanidine groups is 1. The van der Waals surface area contributed by atoms with E-state index in [0.717, 1.165) is 32.1 Å². The molecule has 1 saturated heterocycles. The number of benzene rings is 1. The molecule has 0 spiro atoms. The first-order valence-electron chi connectivity index (χ1n) is 7.37. The van der Waals surface area contributed by atoms with Crippen LogP contribution in [0.1, 0.15) is 24.8 Å². The topological polar surface area (TPSA) is 36.9 Å². The van der Waals surface area contributed by atoms with E-state index in [4.69, 9.17) is 4.74 Å². The van der Waals surface area contributed by atoms with Crippen molar-refractivity contribution >= 4 is 5.96 Å². The third kappa shape index (κ3) is 4.53. The van der Waals surface area contributed by atoms with E-state index >= 15 is 0 Å². The van der Waals surface area contributed by atoms with Crippen molar-refractivity contribution < 1.29 is 4.74 Å². The predicted octanol–water partition coefficient (Wildman–Crippen LogP) is 2.26. The van der Waals surface area contributed by atoms with E-state index in [1.54, 1.807) is 0 Å². The zero-order chi connectivity index (χ0) is 14.2. The van der Waals surface area contributed by atoms with Crippen LogP contribution in [-0.2, 0) is 11.3 Å². The fraction of sp³-hybridized carbons (Fsp3) is 0.562. The number of hydrogen-bond donors (Lipinski definition) is 1. The molecule has 110 valence electrons. The second-order valence-electron chi connectivity index (χ2n) is 5.24. The van der Waals surface area contributed by atoms with Crippen LogP contribution in [0.5, 0.6) is 0 Å². The zero-order valence-electron chi connectivity index (χ0n) is 12.5. The summed E-state index contributed by atoms with van der Waals surface area (Å²) in [5.41, 5.74) is 1.29. The van der Waals surface area contributed by atoms with Crippen LogP contribution in [-0.4, -0.2) is 44.2 Å². The SMILES string of the molecule is CN=C(NCCC1CCCO1)N(C)Cc1ccccc1. The summed E-state index contributed by atoms with van der Waals surface area (Å²) in [6.07, 6.45) is 3.88. The molecule has 4 heteroatoms. The highest BCUT2D eigenvalue weighted by atomic mass is 16.5. The van der Waals surface area contributed by atoms with Crippen molar-refractivity contribution in [1.29, 1.82) is 0 Å². The predicted molar refractivity (Wildman–Crippen MR) is 82.9 cm³/mol. The molecule has 1 aromatic rings. The summed E-state index contributed by atoms with van der Waals surface area (Å²) < 4.78 is 5.63. The average molecular weight is 275 g/mol. The van der Waals surface area contributed by atoms with Gasteiger partial charge in [0.1, 0.15) is 0 Å². The Bertz CT molecular complexity index is 413. The highest BCUT2D eigenvalue weighted by molar-refractivity contribution is 5.79. The Morgan fingerprint density at radius 2 is 2.20 bits per heavy atom. The minimum Gasteiger partial charge on any atom is -0.378 e. The molecule has 2 rings (SSSR count). The van der Waals surface area contributed by atoms with Crippen LogP contribution in [0.25, 0.3) is 0 Å². The molecule has 1 N–H and O–H groups in total. The van der Waals surface area contributed by atoms with Crippen LogP contribution in [0.3, 0.4) is 0 Å². The standard InChI is InChI=1S/C16H25N3O/c1-17-16(18-11-10-15-9-6-12-20-15)19(2)13-14-7-4-3-5-8-14/h3-5,7-8,15H,6,9-13H2,1-2H3,(H,17,18). The maximum atomic E-state index is 5.63. The van der Waals surface area contributed by atoms with Gasteiger partial charge in [-0.2, -0.15) is 0 Å². The molecule has 1 aliphatic heterocycles. The second kappa shape index (κ2) is 7.90. The summed E-state index contributed by atoms with van der Waals surface area (Å²) in [4.78, 5) is 6.48. The quantitative estimate of drug-likeness (QED) is 0.661. The molecule has 0 saturated carbocycles. The summed E-state index contributed by atoms with van der Waals surface area (Å²) in [5, 5.41) is 3.41. The minimum atomic E-state index is 0.431. The monoisotopic (exact) mass is 275 g/mol. The van der Waals surface area contributed by atoms with E-state index in [1.165, 1.54) is 18.4 Å². The number of ether oxygens (including phenoxy) is 1. The fourth-order valence-corrected chi connectivity index (χ4v) is 2.53. The first-order chi connectivity index (χ1) is 9.79. The van der Waals surface area contributed by atoms with E-state index in [-0.39, 0.29) is 0 Å². The smallest absolute Gasteiger partial charge is 0.193 e. The number of aliphatic imine (C=N–C) groups is 1. The van der Waals surface area contributed by atoms with Gasteiger partial charge >= 0.3 is 0 Å². The third-order valence-electron chi connectivity index (χ3n) is 3.61. The van der Waals surface area contributed by atoms with Gasteiger partial charge in [-0.05, 0) is 24.8 Å². The summed E-state index contributed by atoms with van der Waals surface area (Å²) in [6, 6.07) is 10.4. The Morgan fingerprint density at radius 3 is 2.85 bits per heavy atom. The molecule has 0 radical (unpaired) electrons. The highest BCUT2D eigenvalue weighted by Gasteiger charge is 2.15. The maximum Gasteiger partial charge on any atom is 0.193 e. The van der Waals surface area contributed by atoms with Crippen LogP contribution in [0.4, 0.5) is 0 Å². The summed E-state index contributed by atoms with van der Waals surface area (Å²) >= 11 is 0. The first kappa shape index (κ1) is 14.9. The van der Waals surface area contributed by atoms with Crippen LogP contribution in [0.15, 0.2) is 35.3 Å². The second-order valence-corrected chi connectivity index (χ2v) is 5.24. The molecular weight excluding hydrogens is 250 g/mol. The van der Waals surface area contributed by atoms with Crippen molar-refractivity contribution in [2.24, 2.45) is 4.99 Å². The molecule has 20 heavy (non-hydrogen) atoms. The highest BCUT2D eigenvalue weighted by Crippen LogP contribution is 2.14. The Morgan fingerprint density at radius 1 is 1.40 bits per heavy atom. The van der Waals surface area contributed by atoms with Gasteiger partial charge in [0, 0.05) is 33.8 Å². The molecule has 0 bridgehead atoms. The van der Waals surface area contributed by atoms with E-state index in [9.17, 15) is 0 Å². The molecule has 0 aliphatic carbocycles. The van der Waals surface area contributed by atoms with Gasteiger partial charge in [-0.1, -0.05) is 30.3 Å². The minimum absolute atomic E-state index is 0.431. The van der Waals surface area contributed by atoms with Crippen molar-refractivity contribution in [3.8, 4) is 0 Å². The number of nitrogens with one attached hydrogen (secondary N) is 1. The van der Waals surface area contributed by atoms with Gasteiger partial charge < -0.3 is 15.0 Å². The van der Waals surface area contributed by atoms with E-state index in [2.05, 4.69) is 46.5 Å². The summed E-state index contributed by atoms with van der Waals surface area (Å²) in [5.74, 6) is 0.937. The van der Waals surface area contributed by atoms with Crippen molar-refractivity contribution in [3.05, 3.63) is 35.9 Å². The first-order valence-corrected chi connectivity index (χ1v) is 7.37. The Hall–Kier alpha value is -1.55. The van der Waals surface area contributed by atoms with Crippen molar-refractivity contribution in [3.63, 3.8) is 0 Å². The van der Waals surface area contributed by atoms with E-state index in [0.29, 0.717) is 6.10 Å². The molecule has 0 amide bonds. The van der Waals surface area contributed by atoms with Crippen LogP contribution < -0.4 is 5.32 Å². The van der Waals surface area contributed by atoms with Crippen molar-refractivity contribution in [2.45, 2.75) is 31.9 Å². The number of nitrogens with zero attached hydrogens (tertiary/aromatic N) is 2. The lowest BCUT2D eigenvalue weighted by atomic mass is 10.2. The van der Waals surface area contributed by atoms with Gasteiger partial charge in [0.2, 0.25) is 0 Å². The Kier molecular flexibility index (Phi) is 5.87. The maximum absolute atomic E-state index is 5.63. The van der Waals surface area contributed by atoms with Gasteiger partial charge in [0.25, 0.3) is 0 Å². The lowest BCUT2D eigenvalue weighted by molar-refractivity contribution is 0.105. The van der Waals surface area contributed by atoms with E-state index in [1.807, 2.05) is 13.1 Å². The van der Waals surface area contributed by atoms with Crippen molar-refractivity contribution in [1.82, 2.24) is 10.2 Å². The molecule has 1 atom stereocenters. The van der Waals surface area contributed by atoms with Gasteiger partial charge in [0.05, 0.1) is 6.10 Å². The molecule has 1 heterocycles. The van der Waals surface area contributed by atoms with Crippen LogP contribution in [0.2, 0.25) is 0 Å². The van der Waals surface area contributed by atoms with Crippen LogP contribution in [0, 0.1) is 0 Å². The third-order valence-corrected chi connectivity index (χ3v) is 3.61. The summed E-state index contributed by atoms with van der Waals surface area (Å²) in [6.45, 7) is 2.70. The molecule has 1 aromatic carbocycles. The Balaban J connectivity index is 1.75. The molecule has 1 aliphatic rings. The molecule has 1 unspecified atom stereocenters. The van der Waals surface area contributed by atoms with Gasteiger partial charge in [-0.3, -0.25) is 4.99 Å². The lowest BCUT2D eigenvalue weighted by Gasteiger charge is -2.22. The lowest BCUT2D eigenvalue weighted by Crippen LogP contribution is -2.39. The van der Waals surface area contributed by atoms with Gasteiger partial charge in [0.15, 0.2) is 5.96 Å². The van der Waals surface area contributed by atoms with E-state index < -0.39 is 0 Å². The molecule has 4 nitrogen and oxygen atoms in total. The summed E-state index contributed by atoms with van der Waals surface area (Å²) in [7, 11) is 3.89. The van der Waals surface area contributed by atoms with Gasteiger partial charge in [-0.15, -0.1) is 0 Å². The van der Waals surface area contributed by atoms with Crippen LogP contribution >= 0.6 is 0 Å². The molecule has 0 aromatic heterocycles. The molecular formula is C16H25N3O. The normalized spacial score (nSPS) is 19.1. The average Bonchev–Trinajstić information content (AvgIpc) is 2.98. The largest absolute Gasteiger partial charge is 0.378 e. The van der Waals surface area contributed by atoms with Gasteiger partial charge in [-0.25, -0.2) is 0 Å². The zero-order valence-corrected chi connectivity index (χ0v) is 12.5. The number of rotatable bonds is 5. The Labute approximate surface area is 121 Å².